The fourth-order valence-electron chi connectivity index (χ4n) is 3.53. The van der Waals surface area contributed by atoms with Gasteiger partial charge in [-0.05, 0) is 54.8 Å². The molecule has 0 aliphatic carbocycles. The Bertz CT molecular complexity index is 1210. The number of nitrogens with one attached hydrogen (secondary N) is 3. The molecule has 0 radical (unpaired) electrons. The van der Waals surface area contributed by atoms with E-state index in [0.717, 1.165) is 45.2 Å². The molecule has 0 aliphatic heterocycles. The number of hydrogen-bond acceptors (Lipinski definition) is 4. The van der Waals surface area contributed by atoms with Crippen molar-refractivity contribution in [2.24, 2.45) is 11.7 Å². The normalized spacial score (nSPS) is 12.3. The second-order valence-electron chi connectivity index (χ2n) is 7.37. The van der Waals surface area contributed by atoms with Crippen LogP contribution in [0.15, 0.2) is 42.5 Å². The summed E-state index contributed by atoms with van der Waals surface area (Å²) in [7, 11) is 0. The summed E-state index contributed by atoms with van der Waals surface area (Å²) in [5.74, 6) is 0.336. The number of aromatic amines is 2. The van der Waals surface area contributed by atoms with Crippen molar-refractivity contribution in [3.8, 4) is 17.5 Å². The Morgan fingerprint density at radius 1 is 1.21 bits per heavy atom. The van der Waals surface area contributed by atoms with Gasteiger partial charge in [-0.2, -0.15) is 10.4 Å². The minimum absolute atomic E-state index is 0.336. The van der Waals surface area contributed by atoms with Crippen molar-refractivity contribution in [3.05, 3.63) is 53.6 Å². The number of nitriles is 1. The molecular weight excluding hydrogens is 348 g/mol. The van der Waals surface area contributed by atoms with Crippen LogP contribution in [-0.2, 0) is 6.42 Å². The lowest BCUT2D eigenvalue weighted by molar-refractivity contribution is 0.617. The lowest BCUT2D eigenvalue weighted by Crippen LogP contribution is -2.15. The van der Waals surface area contributed by atoms with Crippen LogP contribution in [0.5, 0.6) is 0 Å². The predicted molar refractivity (Wildman–Crippen MR) is 112 cm³/mol. The summed E-state index contributed by atoms with van der Waals surface area (Å²) in [6.45, 7) is 2.68. The summed E-state index contributed by atoms with van der Waals surface area (Å²) in [6.07, 6.45) is 1.37. The Morgan fingerprint density at radius 2 is 2.07 bits per heavy atom. The number of nitrogens with zero attached hydrogens (tertiary/aromatic N) is 2. The third-order valence-corrected chi connectivity index (χ3v) is 5.05. The van der Waals surface area contributed by atoms with Gasteiger partial charge in [-0.15, -0.1) is 0 Å². The van der Waals surface area contributed by atoms with Crippen molar-refractivity contribution in [3.63, 3.8) is 0 Å². The largest absolute Gasteiger partial charge is 0.353 e. The van der Waals surface area contributed by atoms with Gasteiger partial charge < -0.3 is 16.1 Å². The van der Waals surface area contributed by atoms with E-state index in [1.807, 2.05) is 6.07 Å². The minimum atomic E-state index is 0.336. The summed E-state index contributed by atoms with van der Waals surface area (Å²) in [4.78, 5) is 3.45. The maximum Gasteiger partial charge on any atom is 0.116 e. The third kappa shape index (κ3) is 3.40. The molecule has 28 heavy (non-hydrogen) atoms. The SMILES string of the molecule is CC(CN)CC(=N)Cc1ccc2cc(-c3n[nH]c4cc(C#N)ccc34)[nH]c2c1. The van der Waals surface area contributed by atoms with Crippen LogP contribution in [0.25, 0.3) is 33.2 Å². The molecule has 4 aromatic rings. The average molecular weight is 370 g/mol. The minimum Gasteiger partial charge on any atom is -0.353 e. The first kappa shape index (κ1) is 18.0. The maximum absolute atomic E-state index is 9.06. The number of benzene rings is 2. The van der Waals surface area contributed by atoms with Crippen LogP contribution in [0.4, 0.5) is 0 Å². The highest BCUT2D eigenvalue weighted by Crippen LogP contribution is 2.29. The van der Waals surface area contributed by atoms with Gasteiger partial charge >= 0.3 is 0 Å². The van der Waals surface area contributed by atoms with E-state index in [2.05, 4.69) is 52.4 Å². The number of H-pyrrole nitrogens is 2. The summed E-state index contributed by atoms with van der Waals surface area (Å²) in [6, 6.07) is 16.0. The first-order chi connectivity index (χ1) is 13.6. The van der Waals surface area contributed by atoms with Crippen molar-refractivity contribution < 1.29 is 0 Å². The Labute approximate surface area is 162 Å². The van der Waals surface area contributed by atoms with Crippen molar-refractivity contribution in [1.29, 1.82) is 10.7 Å². The van der Waals surface area contributed by atoms with E-state index in [-0.39, 0.29) is 0 Å². The van der Waals surface area contributed by atoms with Gasteiger partial charge in [0.2, 0.25) is 0 Å². The molecule has 0 bridgehead atoms. The molecule has 1 unspecified atom stereocenters. The second kappa shape index (κ2) is 7.29. The number of rotatable bonds is 6. The molecule has 0 amide bonds. The van der Waals surface area contributed by atoms with Gasteiger partial charge in [-0.1, -0.05) is 19.1 Å². The molecule has 140 valence electrons. The first-order valence-electron chi connectivity index (χ1n) is 9.34. The second-order valence-corrected chi connectivity index (χ2v) is 7.37. The molecule has 0 fully saturated rings. The zero-order chi connectivity index (χ0) is 19.7. The Morgan fingerprint density at radius 3 is 2.86 bits per heavy atom. The molecule has 6 heteroatoms. The Kier molecular flexibility index (Phi) is 4.68. The quantitative estimate of drug-likeness (QED) is 0.382. The van der Waals surface area contributed by atoms with Crippen LogP contribution in [0.1, 0.15) is 24.5 Å². The van der Waals surface area contributed by atoms with E-state index in [1.54, 1.807) is 12.1 Å². The Hall–Kier alpha value is -3.43. The van der Waals surface area contributed by atoms with E-state index >= 15 is 0 Å². The number of fused-ring (bicyclic) bond motifs is 2. The van der Waals surface area contributed by atoms with Gasteiger partial charge in [0.1, 0.15) is 5.69 Å². The van der Waals surface area contributed by atoms with Crippen LogP contribution in [0, 0.1) is 22.7 Å². The number of aromatic nitrogens is 3. The molecule has 1 atom stereocenters. The maximum atomic E-state index is 9.06. The Balaban J connectivity index is 1.64. The van der Waals surface area contributed by atoms with Gasteiger partial charge in [0.15, 0.2) is 0 Å². The van der Waals surface area contributed by atoms with Crippen LogP contribution in [0.2, 0.25) is 0 Å². The molecule has 4 rings (SSSR count). The standard InChI is InChI=1S/C22H22N6/c1-13(11-23)6-17(25)7-14-2-4-16-10-21(26-19(16)8-14)22-18-5-3-15(12-24)9-20(18)27-28-22/h2-5,8-10,13,25-26H,6-7,11,23H2,1H3,(H,27,28). The summed E-state index contributed by atoms with van der Waals surface area (Å²) in [5, 5.41) is 26.8. The third-order valence-electron chi connectivity index (χ3n) is 5.05. The summed E-state index contributed by atoms with van der Waals surface area (Å²) < 4.78 is 0. The fraction of sp³-hybridized carbons (Fsp3) is 0.227. The van der Waals surface area contributed by atoms with Gasteiger partial charge in [0.05, 0.1) is 22.8 Å². The zero-order valence-corrected chi connectivity index (χ0v) is 15.7. The molecule has 0 spiro atoms. The molecule has 0 saturated carbocycles. The first-order valence-corrected chi connectivity index (χ1v) is 9.34. The number of nitrogens with two attached hydrogens (primary N) is 1. The van der Waals surface area contributed by atoms with Crippen molar-refractivity contribution in [1.82, 2.24) is 15.2 Å². The topological polar surface area (TPSA) is 118 Å². The van der Waals surface area contributed by atoms with Gasteiger partial charge in [-0.3, -0.25) is 5.10 Å². The molecule has 0 aliphatic rings. The molecular formula is C22H22N6. The van der Waals surface area contributed by atoms with Crippen molar-refractivity contribution in [2.75, 3.05) is 6.54 Å². The molecule has 0 saturated heterocycles. The van der Waals surface area contributed by atoms with E-state index in [1.165, 1.54) is 0 Å². The average Bonchev–Trinajstić information content (AvgIpc) is 3.30. The monoisotopic (exact) mass is 370 g/mol. The summed E-state index contributed by atoms with van der Waals surface area (Å²) >= 11 is 0. The van der Waals surface area contributed by atoms with Gasteiger partial charge in [0, 0.05) is 28.4 Å². The smallest absolute Gasteiger partial charge is 0.116 e. The lowest BCUT2D eigenvalue weighted by Gasteiger charge is -2.09. The molecule has 2 aromatic carbocycles. The van der Waals surface area contributed by atoms with Gasteiger partial charge in [0.25, 0.3) is 0 Å². The van der Waals surface area contributed by atoms with E-state index < -0.39 is 0 Å². The lowest BCUT2D eigenvalue weighted by atomic mass is 9.99. The highest BCUT2D eigenvalue weighted by atomic mass is 15.1. The van der Waals surface area contributed by atoms with Crippen LogP contribution < -0.4 is 5.73 Å². The van der Waals surface area contributed by atoms with E-state index in [0.29, 0.717) is 30.2 Å². The highest BCUT2D eigenvalue weighted by molar-refractivity contribution is 5.96. The summed E-state index contributed by atoms with van der Waals surface area (Å²) in [5.41, 5.74) is 11.7. The number of hydrogen-bond donors (Lipinski definition) is 4. The van der Waals surface area contributed by atoms with Crippen LogP contribution >= 0.6 is 0 Å². The van der Waals surface area contributed by atoms with Crippen molar-refractivity contribution in [2.45, 2.75) is 19.8 Å². The van der Waals surface area contributed by atoms with Crippen LogP contribution in [0.3, 0.4) is 0 Å². The molecule has 5 N–H and O–H groups in total. The van der Waals surface area contributed by atoms with Gasteiger partial charge in [-0.25, -0.2) is 0 Å². The van der Waals surface area contributed by atoms with E-state index in [4.69, 9.17) is 16.4 Å². The molecule has 6 nitrogen and oxygen atoms in total. The van der Waals surface area contributed by atoms with E-state index in [9.17, 15) is 0 Å². The molecule has 2 heterocycles. The predicted octanol–water partition coefficient (Wildman–Crippen LogP) is 4.13. The molecule has 2 aromatic heterocycles. The highest BCUT2D eigenvalue weighted by Gasteiger charge is 2.12. The van der Waals surface area contributed by atoms with Crippen molar-refractivity contribution >= 4 is 27.5 Å². The zero-order valence-electron chi connectivity index (χ0n) is 15.7. The fourth-order valence-corrected chi connectivity index (χ4v) is 3.53. The van der Waals surface area contributed by atoms with Crippen LogP contribution in [-0.4, -0.2) is 27.4 Å².